The number of halogens is 1. The van der Waals surface area contributed by atoms with E-state index >= 15 is 0 Å². The van der Waals surface area contributed by atoms with E-state index in [9.17, 15) is 17.6 Å². The van der Waals surface area contributed by atoms with Crippen molar-refractivity contribution in [2.45, 2.75) is 30.8 Å². The summed E-state index contributed by atoms with van der Waals surface area (Å²) in [6.07, 6.45) is 7.60. The average Bonchev–Trinajstić information content (AvgIpc) is 2.84. The second kappa shape index (κ2) is 10.1. The van der Waals surface area contributed by atoms with Gasteiger partial charge >= 0.3 is 5.91 Å². The van der Waals surface area contributed by atoms with Crippen LogP contribution in [0.5, 0.6) is 5.75 Å². The maximum atomic E-state index is 14.4. The molecule has 182 valence electrons. The molecule has 1 atom stereocenters. The predicted molar refractivity (Wildman–Crippen MR) is 132 cm³/mol. The van der Waals surface area contributed by atoms with Crippen molar-refractivity contribution in [3.63, 3.8) is 0 Å². The predicted octanol–water partition coefficient (Wildman–Crippen LogP) is 3.09. The van der Waals surface area contributed by atoms with Crippen molar-refractivity contribution in [1.82, 2.24) is 4.90 Å². The first-order chi connectivity index (χ1) is 16.7. The van der Waals surface area contributed by atoms with E-state index in [1.807, 2.05) is 6.07 Å². The number of hydrogen-bond acceptors (Lipinski definition) is 5. The number of nitrogens with zero attached hydrogens (tertiary/aromatic N) is 2. The Bertz CT molecular complexity index is 1360. The van der Waals surface area contributed by atoms with Crippen LogP contribution in [0.2, 0.25) is 0 Å². The number of terminal acetylenes is 1. The molecule has 6 nitrogen and oxygen atoms in total. The van der Waals surface area contributed by atoms with Crippen molar-refractivity contribution in [1.29, 1.82) is 0 Å². The van der Waals surface area contributed by atoms with Crippen LogP contribution >= 0.6 is 0 Å². The van der Waals surface area contributed by atoms with Crippen LogP contribution in [0.15, 0.2) is 53.9 Å². The van der Waals surface area contributed by atoms with Crippen LogP contribution in [-0.4, -0.2) is 61.4 Å². The first-order valence-electron chi connectivity index (χ1n) is 11.5. The number of aryl methyl sites for hydroxylation is 2. The number of ether oxygens (including phenoxy) is 1. The first kappa shape index (κ1) is 24.8. The van der Waals surface area contributed by atoms with Crippen LogP contribution in [0.25, 0.3) is 0 Å². The Labute approximate surface area is 205 Å². The van der Waals surface area contributed by atoms with E-state index in [1.54, 1.807) is 31.2 Å². The molecule has 0 spiro atoms. The maximum Gasteiger partial charge on any atom is 0.412 e. The molecule has 0 unspecified atom stereocenters. The van der Waals surface area contributed by atoms with Gasteiger partial charge in [-0.2, -0.15) is 4.58 Å². The number of hydrogen-bond donors (Lipinski definition) is 0. The molecule has 2 aliphatic heterocycles. The molecule has 2 heterocycles. The summed E-state index contributed by atoms with van der Waals surface area (Å²) in [5.74, 6) is 2.70. The molecule has 0 bridgehead atoms. The van der Waals surface area contributed by atoms with E-state index in [2.05, 4.69) is 17.4 Å². The fourth-order valence-electron chi connectivity index (χ4n) is 4.49. The topological polar surface area (TPSA) is 66.7 Å². The third kappa shape index (κ3) is 5.37. The number of sulfone groups is 1. The van der Waals surface area contributed by atoms with Crippen LogP contribution in [0.1, 0.15) is 29.2 Å². The van der Waals surface area contributed by atoms with Crippen molar-refractivity contribution in [2.24, 2.45) is 0 Å². The molecule has 0 aliphatic carbocycles. The molecule has 0 radical (unpaired) electrons. The van der Waals surface area contributed by atoms with Gasteiger partial charge in [0.1, 0.15) is 17.7 Å². The van der Waals surface area contributed by atoms with E-state index in [4.69, 9.17) is 11.2 Å². The summed E-state index contributed by atoms with van der Waals surface area (Å²) >= 11 is 0. The van der Waals surface area contributed by atoms with Crippen molar-refractivity contribution in [3.8, 4) is 18.1 Å². The first-order valence-corrected chi connectivity index (χ1v) is 13.1. The largest absolute Gasteiger partial charge is 0.484 e. The van der Waals surface area contributed by atoms with Crippen LogP contribution in [0.3, 0.4) is 0 Å². The highest BCUT2D eigenvalue weighted by molar-refractivity contribution is 7.91. The highest BCUT2D eigenvalue weighted by Gasteiger charge is 2.31. The van der Waals surface area contributed by atoms with Gasteiger partial charge in [0.25, 0.3) is 0 Å². The molecule has 0 fully saturated rings. The minimum atomic E-state index is -3.27. The molecular formula is C27H28FN2O4S+. The minimum Gasteiger partial charge on any atom is -0.484 e. The van der Waals surface area contributed by atoms with Crippen molar-refractivity contribution >= 4 is 21.5 Å². The zero-order valence-corrected chi connectivity index (χ0v) is 20.5. The standard InChI is InChI=1S/C27H28FN2O4S/c1-4-22-17-29(12-13-30(22)27(31)5-2)18-25(20-9-8-19(3)24(28)16-20)34-23-10-11-26-21(15-23)7-6-14-35(26,32)33/h1,5,8-11,15-16,25H,2,6-7,12-14,17-18H2,3H3/q+1/t25-/m1/s1. The van der Waals surface area contributed by atoms with E-state index < -0.39 is 15.9 Å². The lowest BCUT2D eigenvalue weighted by Crippen LogP contribution is -2.47. The Morgan fingerprint density at radius 3 is 2.86 bits per heavy atom. The minimum absolute atomic E-state index is 0.153. The number of rotatable bonds is 6. The summed E-state index contributed by atoms with van der Waals surface area (Å²) in [5, 5.41) is 0. The van der Waals surface area contributed by atoms with Gasteiger partial charge in [0.2, 0.25) is 5.71 Å². The molecular weight excluding hydrogens is 467 g/mol. The van der Waals surface area contributed by atoms with E-state index in [-0.39, 0.29) is 17.5 Å². The van der Waals surface area contributed by atoms with E-state index in [0.717, 1.165) is 5.56 Å². The Kier molecular flexibility index (Phi) is 7.20. The molecule has 1 amide bonds. The van der Waals surface area contributed by atoms with Gasteiger partial charge in [0, 0.05) is 12.6 Å². The fraction of sp³-hybridized carbons (Fsp3) is 0.333. The van der Waals surface area contributed by atoms with Crippen LogP contribution < -0.4 is 4.74 Å². The van der Waals surface area contributed by atoms with Gasteiger partial charge in [-0.05, 0) is 66.6 Å². The number of carbonyl (C=O) groups excluding carboxylic acids is 1. The smallest absolute Gasteiger partial charge is 0.412 e. The molecule has 0 saturated heterocycles. The SMILES string of the molecule is C#CC1=[N+](C(=O)C=C)CCN(C[C@@H](Oc2ccc3c(c2)CCCS3(=O)=O)c2ccc(C)c(F)c2)C1. The van der Waals surface area contributed by atoms with Gasteiger partial charge in [-0.1, -0.05) is 18.7 Å². The van der Waals surface area contributed by atoms with Crippen LogP contribution in [0, 0.1) is 25.1 Å². The molecule has 2 aromatic carbocycles. The Balaban J connectivity index is 1.63. The summed E-state index contributed by atoms with van der Waals surface area (Å²) < 4.78 is 47.1. The summed E-state index contributed by atoms with van der Waals surface area (Å²) in [6, 6.07) is 10.0. The molecule has 2 aliphatic rings. The zero-order valence-electron chi connectivity index (χ0n) is 19.7. The average molecular weight is 496 g/mol. The van der Waals surface area contributed by atoms with E-state index in [1.165, 1.54) is 16.7 Å². The number of carbonyl (C=O) groups is 1. The van der Waals surface area contributed by atoms with Crippen molar-refractivity contribution in [2.75, 3.05) is 31.9 Å². The number of amides is 1. The monoisotopic (exact) mass is 495 g/mol. The van der Waals surface area contributed by atoms with Gasteiger partial charge in [-0.25, -0.2) is 17.6 Å². The van der Waals surface area contributed by atoms with Gasteiger partial charge < -0.3 is 4.74 Å². The molecule has 2 aromatic rings. The molecule has 0 aromatic heterocycles. The number of benzene rings is 2. The Morgan fingerprint density at radius 2 is 2.14 bits per heavy atom. The lowest BCUT2D eigenvalue weighted by atomic mass is 10.0. The number of fused-ring (bicyclic) bond motifs is 1. The van der Waals surface area contributed by atoms with E-state index in [0.29, 0.717) is 66.5 Å². The molecule has 4 rings (SSSR count). The Morgan fingerprint density at radius 1 is 1.34 bits per heavy atom. The lowest BCUT2D eigenvalue weighted by Gasteiger charge is -2.29. The van der Waals surface area contributed by atoms with Crippen LogP contribution in [0.4, 0.5) is 4.39 Å². The highest BCUT2D eigenvalue weighted by Crippen LogP contribution is 2.31. The van der Waals surface area contributed by atoms with Gasteiger partial charge in [0.15, 0.2) is 16.4 Å². The summed E-state index contributed by atoms with van der Waals surface area (Å²) in [7, 11) is -3.27. The van der Waals surface area contributed by atoms with Crippen LogP contribution in [-0.2, 0) is 21.1 Å². The third-order valence-corrected chi connectivity index (χ3v) is 8.34. The quantitative estimate of drug-likeness (QED) is 0.350. The molecule has 0 N–H and O–H groups in total. The molecule has 0 saturated carbocycles. The van der Waals surface area contributed by atoms with Crippen molar-refractivity contribution < 1.29 is 26.9 Å². The maximum absolute atomic E-state index is 14.4. The summed E-state index contributed by atoms with van der Waals surface area (Å²) in [6.45, 7) is 6.97. The highest BCUT2D eigenvalue weighted by atomic mass is 32.2. The zero-order chi connectivity index (χ0) is 25.2. The normalized spacial score (nSPS) is 18.3. The summed E-state index contributed by atoms with van der Waals surface area (Å²) in [4.78, 5) is 14.5. The second-order valence-corrected chi connectivity index (χ2v) is 10.9. The lowest BCUT2D eigenvalue weighted by molar-refractivity contribution is -0.450. The van der Waals surface area contributed by atoms with Gasteiger partial charge in [0.05, 0.1) is 23.7 Å². The van der Waals surface area contributed by atoms with Gasteiger partial charge in [-0.15, -0.1) is 6.42 Å². The molecule has 35 heavy (non-hydrogen) atoms. The third-order valence-electron chi connectivity index (χ3n) is 6.44. The Hall–Kier alpha value is -3.28. The van der Waals surface area contributed by atoms with Crippen molar-refractivity contribution in [3.05, 3.63) is 71.6 Å². The summed E-state index contributed by atoms with van der Waals surface area (Å²) in [5.41, 5.74) is 2.47. The van der Waals surface area contributed by atoms with Gasteiger partial charge in [-0.3, -0.25) is 4.90 Å². The fourth-order valence-corrected chi connectivity index (χ4v) is 6.07. The second-order valence-electron chi connectivity index (χ2n) is 8.83. The molecule has 8 heteroatoms.